The lowest BCUT2D eigenvalue weighted by Gasteiger charge is -2.28. The monoisotopic (exact) mass is 265 g/mol. The quantitative estimate of drug-likeness (QED) is 0.672. The van der Waals surface area contributed by atoms with Crippen LogP contribution in [0.1, 0.15) is 38.7 Å². The number of rotatable bonds is 6. The molecule has 1 atom stereocenters. The number of likely N-dealkylation sites (N-methyl/N-ethyl adjacent to an activating group) is 1. The van der Waals surface area contributed by atoms with Crippen LogP contribution >= 0.6 is 11.6 Å². The van der Waals surface area contributed by atoms with Crippen molar-refractivity contribution in [2.75, 3.05) is 13.6 Å². The van der Waals surface area contributed by atoms with Crippen molar-refractivity contribution in [2.24, 2.45) is 0 Å². The van der Waals surface area contributed by atoms with Gasteiger partial charge in [-0.1, -0.05) is 42.8 Å². The first kappa shape index (κ1) is 15.3. The van der Waals surface area contributed by atoms with E-state index in [0.29, 0.717) is 12.0 Å². The van der Waals surface area contributed by atoms with Crippen molar-refractivity contribution in [3.05, 3.63) is 47.0 Å². The van der Waals surface area contributed by atoms with Gasteiger partial charge in [-0.2, -0.15) is 0 Å². The van der Waals surface area contributed by atoms with Crippen LogP contribution in [0.25, 0.3) is 0 Å². The van der Waals surface area contributed by atoms with Gasteiger partial charge >= 0.3 is 0 Å². The van der Waals surface area contributed by atoms with E-state index in [1.54, 1.807) is 0 Å². The van der Waals surface area contributed by atoms with Crippen LogP contribution in [0.3, 0.4) is 0 Å². The van der Waals surface area contributed by atoms with Gasteiger partial charge in [-0.25, -0.2) is 0 Å². The summed E-state index contributed by atoms with van der Waals surface area (Å²) in [5, 5.41) is 0.789. The molecule has 0 spiro atoms. The summed E-state index contributed by atoms with van der Waals surface area (Å²) in [5.41, 5.74) is 2.59. The molecule has 0 fully saturated rings. The molecular formula is C16H24ClN. The van der Waals surface area contributed by atoms with Crippen molar-refractivity contribution in [3.63, 3.8) is 0 Å². The second kappa shape index (κ2) is 6.96. The molecule has 0 radical (unpaired) electrons. The van der Waals surface area contributed by atoms with Gasteiger partial charge in [0.25, 0.3) is 0 Å². The fraction of sp³-hybridized carbons (Fsp3) is 0.500. The second-order valence-electron chi connectivity index (χ2n) is 5.15. The third-order valence-electron chi connectivity index (χ3n) is 3.57. The van der Waals surface area contributed by atoms with Crippen molar-refractivity contribution in [3.8, 4) is 0 Å². The molecule has 1 nitrogen and oxygen atoms in total. The zero-order valence-electron chi connectivity index (χ0n) is 11.9. The van der Waals surface area contributed by atoms with E-state index in [1.165, 1.54) is 11.1 Å². The van der Waals surface area contributed by atoms with Gasteiger partial charge in [0.2, 0.25) is 0 Å². The molecule has 0 amide bonds. The maximum Gasteiger partial charge on any atom is 0.0406 e. The third kappa shape index (κ3) is 4.15. The summed E-state index contributed by atoms with van der Waals surface area (Å²) in [6.45, 7) is 11.8. The molecule has 100 valence electrons. The second-order valence-corrected chi connectivity index (χ2v) is 5.59. The molecule has 0 N–H and O–H groups in total. The normalized spacial score (nSPS) is 13.1. The van der Waals surface area contributed by atoms with E-state index in [0.717, 1.165) is 18.0 Å². The van der Waals surface area contributed by atoms with Crippen LogP contribution in [-0.2, 0) is 0 Å². The predicted octanol–water partition coefficient (Wildman–Crippen LogP) is 4.73. The Morgan fingerprint density at radius 1 is 1.28 bits per heavy atom. The van der Waals surface area contributed by atoms with Crippen LogP contribution < -0.4 is 0 Å². The average Bonchev–Trinajstić information content (AvgIpc) is 2.35. The van der Waals surface area contributed by atoms with Crippen LogP contribution in [0.4, 0.5) is 0 Å². The molecule has 0 aromatic heterocycles. The number of hydrogen-bond donors (Lipinski definition) is 0. The Kier molecular flexibility index (Phi) is 5.90. The van der Waals surface area contributed by atoms with Gasteiger partial charge in [0.1, 0.15) is 0 Å². The molecule has 0 aliphatic carbocycles. The molecule has 18 heavy (non-hydrogen) atoms. The first-order valence-corrected chi connectivity index (χ1v) is 6.96. The molecule has 0 heterocycles. The summed E-state index contributed by atoms with van der Waals surface area (Å²) in [6.07, 6.45) is 1.01. The topological polar surface area (TPSA) is 3.24 Å². The van der Waals surface area contributed by atoms with Gasteiger partial charge in [0, 0.05) is 23.5 Å². The highest BCUT2D eigenvalue weighted by molar-refractivity contribution is 6.30. The summed E-state index contributed by atoms with van der Waals surface area (Å²) in [4.78, 5) is 2.36. The van der Waals surface area contributed by atoms with E-state index in [-0.39, 0.29) is 0 Å². The molecule has 0 saturated carbocycles. The van der Waals surface area contributed by atoms with Crippen LogP contribution in [-0.4, -0.2) is 24.5 Å². The highest BCUT2D eigenvalue weighted by Gasteiger charge is 2.17. The van der Waals surface area contributed by atoms with E-state index in [2.05, 4.69) is 51.4 Å². The van der Waals surface area contributed by atoms with Crippen molar-refractivity contribution in [1.29, 1.82) is 0 Å². The molecule has 1 aromatic rings. The molecule has 1 aromatic carbocycles. The summed E-state index contributed by atoms with van der Waals surface area (Å²) in [5.74, 6) is 0.389. The van der Waals surface area contributed by atoms with Crippen molar-refractivity contribution >= 4 is 11.6 Å². The predicted molar refractivity (Wildman–Crippen MR) is 81.4 cm³/mol. The Morgan fingerprint density at radius 3 is 2.28 bits per heavy atom. The summed E-state index contributed by atoms with van der Waals surface area (Å²) >= 11 is 5.95. The molecule has 0 saturated heterocycles. The average molecular weight is 266 g/mol. The van der Waals surface area contributed by atoms with Gasteiger partial charge < -0.3 is 4.90 Å². The van der Waals surface area contributed by atoms with Crippen molar-refractivity contribution < 1.29 is 0 Å². The smallest absolute Gasteiger partial charge is 0.0406 e. The van der Waals surface area contributed by atoms with Crippen LogP contribution in [0.5, 0.6) is 0 Å². The minimum absolute atomic E-state index is 0.389. The summed E-state index contributed by atoms with van der Waals surface area (Å²) in [6, 6.07) is 8.69. The van der Waals surface area contributed by atoms with Crippen molar-refractivity contribution in [2.45, 2.75) is 39.2 Å². The molecule has 1 rings (SSSR count). The Labute approximate surface area is 116 Å². The van der Waals surface area contributed by atoms with Gasteiger partial charge in [0.05, 0.1) is 0 Å². The summed E-state index contributed by atoms with van der Waals surface area (Å²) in [7, 11) is 2.16. The lowest BCUT2D eigenvalue weighted by molar-refractivity contribution is 0.264. The first-order chi connectivity index (χ1) is 8.45. The van der Waals surface area contributed by atoms with Gasteiger partial charge in [-0.05, 0) is 45.0 Å². The maximum atomic E-state index is 5.95. The van der Waals surface area contributed by atoms with Crippen LogP contribution in [0.15, 0.2) is 36.4 Å². The minimum atomic E-state index is 0.389. The highest BCUT2D eigenvalue weighted by atomic mass is 35.5. The minimum Gasteiger partial charge on any atom is -0.303 e. The van der Waals surface area contributed by atoms with Crippen LogP contribution in [0.2, 0.25) is 5.02 Å². The van der Waals surface area contributed by atoms with Crippen LogP contribution in [0, 0.1) is 0 Å². The van der Waals surface area contributed by atoms with E-state index >= 15 is 0 Å². The first-order valence-electron chi connectivity index (χ1n) is 6.59. The summed E-state index contributed by atoms with van der Waals surface area (Å²) < 4.78 is 0. The standard InChI is InChI=1S/C16H24ClN/c1-6-13(4)16(11-18(5)12(2)3)14-7-9-15(17)10-8-14/h7-10,12,16H,4,6,11H2,1-3,5H3. The fourth-order valence-corrected chi connectivity index (χ4v) is 2.04. The zero-order chi connectivity index (χ0) is 13.7. The lowest BCUT2D eigenvalue weighted by Crippen LogP contribution is -2.31. The molecular weight excluding hydrogens is 242 g/mol. The number of benzene rings is 1. The molecule has 0 aliphatic heterocycles. The highest BCUT2D eigenvalue weighted by Crippen LogP contribution is 2.27. The Hall–Kier alpha value is -0.790. The number of halogens is 1. The maximum absolute atomic E-state index is 5.95. The fourth-order valence-electron chi connectivity index (χ4n) is 1.91. The third-order valence-corrected chi connectivity index (χ3v) is 3.82. The lowest BCUT2D eigenvalue weighted by atomic mass is 9.90. The Bertz CT molecular complexity index is 381. The van der Waals surface area contributed by atoms with E-state index in [1.807, 2.05) is 12.1 Å². The number of hydrogen-bond acceptors (Lipinski definition) is 1. The molecule has 2 heteroatoms. The molecule has 0 aliphatic rings. The van der Waals surface area contributed by atoms with E-state index in [4.69, 9.17) is 11.6 Å². The van der Waals surface area contributed by atoms with Crippen molar-refractivity contribution in [1.82, 2.24) is 4.90 Å². The Balaban J connectivity index is 2.91. The number of nitrogens with zero attached hydrogens (tertiary/aromatic N) is 1. The molecule has 0 bridgehead atoms. The van der Waals surface area contributed by atoms with E-state index < -0.39 is 0 Å². The van der Waals surface area contributed by atoms with Gasteiger partial charge in [0.15, 0.2) is 0 Å². The van der Waals surface area contributed by atoms with Gasteiger partial charge in [-0.15, -0.1) is 0 Å². The molecule has 1 unspecified atom stereocenters. The zero-order valence-corrected chi connectivity index (χ0v) is 12.7. The Morgan fingerprint density at radius 2 is 1.83 bits per heavy atom. The SMILES string of the molecule is C=C(CC)C(CN(C)C(C)C)c1ccc(Cl)cc1. The van der Waals surface area contributed by atoms with Gasteiger partial charge in [-0.3, -0.25) is 0 Å². The largest absolute Gasteiger partial charge is 0.303 e. The van der Waals surface area contributed by atoms with E-state index in [9.17, 15) is 0 Å².